The number of anilines is 1. The number of sulfonamides is 1. The number of benzene rings is 3. The topological polar surface area (TPSA) is 105 Å². The second-order valence-electron chi connectivity index (χ2n) is 10.3. The fourth-order valence-corrected chi connectivity index (χ4v) is 5.79. The van der Waals surface area contributed by atoms with Crippen LogP contribution in [0.4, 0.5) is 5.69 Å². The number of halogens is 1. The highest BCUT2D eigenvalue weighted by Gasteiger charge is 2.34. The third-order valence-corrected chi connectivity index (χ3v) is 8.65. The van der Waals surface area contributed by atoms with Crippen LogP contribution in [-0.4, -0.2) is 58.5 Å². The molecule has 0 aromatic heterocycles. The molecule has 0 spiro atoms. The summed E-state index contributed by atoms with van der Waals surface area (Å²) in [7, 11) is -1.33. The molecule has 0 aliphatic carbocycles. The third-order valence-electron chi connectivity index (χ3n) is 6.64. The SMILES string of the molecule is COc1cccc(CN(C(=O)CN(c2cc(Cl)ccc2OC)S(=O)(=O)c2ccc(C)cc2)[C@@H](C)C(=O)NCC(C)C)c1. The Labute approximate surface area is 253 Å². The van der Waals surface area contributed by atoms with Gasteiger partial charge in [0, 0.05) is 18.1 Å². The van der Waals surface area contributed by atoms with E-state index < -0.39 is 28.5 Å². The molecule has 11 heteroatoms. The molecule has 0 unspecified atom stereocenters. The highest BCUT2D eigenvalue weighted by molar-refractivity contribution is 7.92. The first kappa shape index (κ1) is 32.8. The van der Waals surface area contributed by atoms with Gasteiger partial charge in [-0.15, -0.1) is 0 Å². The minimum atomic E-state index is -4.27. The molecule has 42 heavy (non-hydrogen) atoms. The molecule has 0 saturated carbocycles. The third kappa shape index (κ3) is 8.17. The van der Waals surface area contributed by atoms with E-state index in [0.29, 0.717) is 17.9 Å². The molecule has 3 aromatic carbocycles. The maximum absolute atomic E-state index is 14.1. The largest absolute Gasteiger partial charge is 0.497 e. The van der Waals surface area contributed by atoms with E-state index in [9.17, 15) is 18.0 Å². The molecular weight excluding hydrogens is 578 g/mol. The number of amides is 2. The highest BCUT2D eigenvalue weighted by atomic mass is 35.5. The van der Waals surface area contributed by atoms with Gasteiger partial charge in [0.2, 0.25) is 11.8 Å². The van der Waals surface area contributed by atoms with Crippen molar-refractivity contribution in [3.8, 4) is 11.5 Å². The molecule has 0 aliphatic heterocycles. The molecule has 3 rings (SSSR count). The fourth-order valence-electron chi connectivity index (χ4n) is 4.21. The van der Waals surface area contributed by atoms with Crippen LogP contribution >= 0.6 is 11.6 Å². The number of hydrogen-bond acceptors (Lipinski definition) is 6. The first-order chi connectivity index (χ1) is 19.9. The monoisotopic (exact) mass is 615 g/mol. The Morgan fingerprint density at radius 2 is 1.64 bits per heavy atom. The maximum Gasteiger partial charge on any atom is 0.264 e. The van der Waals surface area contributed by atoms with Crippen LogP contribution < -0.4 is 19.1 Å². The Kier molecular flexibility index (Phi) is 11.2. The van der Waals surface area contributed by atoms with E-state index in [-0.39, 0.29) is 39.7 Å². The summed E-state index contributed by atoms with van der Waals surface area (Å²) in [6.45, 7) is 7.26. The molecule has 0 radical (unpaired) electrons. The molecule has 9 nitrogen and oxygen atoms in total. The van der Waals surface area contributed by atoms with Crippen LogP contribution in [0.15, 0.2) is 71.6 Å². The second-order valence-corrected chi connectivity index (χ2v) is 12.6. The van der Waals surface area contributed by atoms with Crippen molar-refractivity contribution in [2.45, 2.75) is 45.2 Å². The van der Waals surface area contributed by atoms with Crippen LogP contribution in [0.25, 0.3) is 0 Å². The van der Waals surface area contributed by atoms with Crippen molar-refractivity contribution in [2.24, 2.45) is 5.92 Å². The Hall–Kier alpha value is -3.76. The number of methoxy groups -OCH3 is 2. The van der Waals surface area contributed by atoms with Crippen LogP contribution in [0, 0.1) is 12.8 Å². The van der Waals surface area contributed by atoms with Crippen molar-refractivity contribution in [1.29, 1.82) is 0 Å². The molecule has 0 aliphatic rings. The van der Waals surface area contributed by atoms with Crippen molar-refractivity contribution in [3.05, 3.63) is 82.9 Å². The van der Waals surface area contributed by atoms with Gasteiger partial charge < -0.3 is 19.7 Å². The van der Waals surface area contributed by atoms with Gasteiger partial charge in [-0.2, -0.15) is 0 Å². The Morgan fingerprint density at radius 3 is 2.26 bits per heavy atom. The minimum Gasteiger partial charge on any atom is -0.497 e. The number of ether oxygens (including phenoxy) is 2. The molecule has 0 heterocycles. The van der Waals surface area contributed by atoms with E-state index in [1.54, 1.807) is 43.3 Å². The fraction of sp³-hybridized carbons (Fsp3) is 0.355. The summed E-state index contributed by atoms with van der Waals surface area (Å²) in [5, 5.41) is 3.13. The van der Waals surface area contributed by atoms with E-state index in [1.165, 1.54) is 43.4 Å². The predicted octanol–water partition coefficient (Wildman–Crippen LogP) is 5.05. The smallest absolute Gasteiger partial charge is 0.264 e. The Bertz CT molecular complexity index is 1490. The van der Waals surface area contributed by atoms with Crippen molar-refractivity contribution in [3.63, 3.8) is 0 Å². The number of carbonyl (C=O) groups excluding carboxylic acids is 2. The molecule has 3 aromatic rings. The van der Waals surface area contributed by atoms with Crippen molar-refractivity contribution in [2.75, 3.05) is 31.6 Å². The lowest BCUT2D eigenvalue weighted by atomic mass is 10.1. The van der Waals surface area contributed by atoms with E-state index in [1.807, 2.05) is 26.8 Å². The summed E-state index contributed by atoms with van der Waals surface area (Å²) in [5.41, 5.74) is 1.68. The molecular formula is C31H38ClN3O6S. The first-order valence-corrected chi connectivity index (χ1v) is 15.3. The first-order valence-electron chi connectivity index (χ1n) is 13.5. The van der Waals surface area contributed by atoms with E-state index in [0.717, 1.165) is 9.87 Å². The number of hydrogen-bond donors (Lipinski definition) is 1. The predicted molar refractivity (Wildman–Crippen MR) is 165 cm³/mol. The summed E-state index contributed by atoms with van der Waals surface area (Å²) in [6.07, 6.45) is 0. The molecule has 1 atom stereocenters. The lowest BCUT2D eigenvalue weighted by molar-refractivity contribution is -0.139. The van der Waals surface area contributed by atoms with Gasteiger partial charge in [-0.1, -0.05) is 55.3 Å². The Morgan fingerprint density at radius 1 is 0.952 bits per heavy atom. The van der Waals surface area contributed by atoms with Gasteiger partial charge >= 0.3 is 0 Å². The van der Waals surface area contributed by atoms with Gasteiger partial charge in [-0.05, 0) is 67.8 Å². The molecule has 0 saturated heterocycles. The van der Waals surface area contributed by atoms with Crippen LogP contribution in [0.3, 0.4) is 0 Å². The molecule has 1 N–H and O–H groups in total. The van der Waals surface area contributed by atoms with Gasteiger partial charge in [0.25, 0.3) is 10.0 Å². The zero-order valence-corrected chi connectivity index (χ0v) is 26.3. The number of nitrogens with zero attached hydrogens (tertiary/aromatic N) is 2. The minimum absolute atomic E-state index is 0.00926. The van der Waals surface area contributed by atoms with Crippen LogP contribution in [-0.2, 0) is 26.2 Å². The summed E-state index contributed by atoms with van der Waals surface area (Å²) < 4.78 is 39.9. The van der Waals surface area contributed by atoms with Gasteiger partial charge in [-0.25, -0.2) is 8.42 Å². The number of carbonyl (C=O) groups is 2. The lowest BCUT2D eigenvalue weighted by Crippen LogP contribution is -2.51. The summed E-state index contributed by atoms with van der Waals surface area (Å²) >= 11 is 6.28. The molecule has 0 bridgehead atoms. The zero-order chi connectivity index (χ0) is 31.0. The van der Waals surface area contributed by atoms with Gasteiger partial charge in [0.15, 0.2) is 0 Å². The summed E-state index contributed by atoms with van der Waals surface area (Å²) in [6, 6.07) is 17.1. The quantitative estimate of drug-likeness (QED) is 0.289. The number of rotatable bonds is 13. The summed E-state index contributed by atoms with van der Waals surface area (Å²) in [5.74, 6) is 0.0547. The van der Waals surface area contributed by atoms with Gasteiger partial charge in [-0.3, -0.25) is 13.9 Å². The molecule has 2 amide bonds. The maximum atomic E-state index is 14.1. The van der Waals surface area contributed by atoms with Gasteiger partial charge in [0.1, 0.15) is 24.1 Å². The molecule has 0 fully saturated rings. The van der Waals surface area contributed by atoms with Crippen molar-refractivity contribution < 1.29 is 27.5 Å². The standard InChI is InChI=1S/C31H38ClN3O6S/c1-21(2)18-33-31(37)23(4)34(19-24-8-7-9-26(16-24)40-5)30(36)20-35(28-17-25(32)12-15-29(28)41-6)42(38,39)27-13-10-22(3)11-14-27/h7-17,21,23H,18-20H2,1-6H3,(H,33,37)/t23-/m0/s1. The van der Waals surface area contributed by atoms with E-state index in [2.05, 4.69) is 5.32 Å². The lowest BCUT2D eigenvalue weighted by Gasteiger charge is -2.32. The summed E-state index contributed by atoms with van der Waals surface area (Å²) in [4.78, 5) is 28.6. The highest BCUT2D eigenvalue weighted by Crippen LogP contribution is 2.35. The average Bonchev–Trinajstić information content (AvgIpc) is 2.97. The molecule has 226 valence electrons. The van der Waals surface area contributed by atoms with Crippen molar-refractivity contribution in [1.82, 2.24) is 10.2 Å². The van der Waals surface area contributed by atoms with Gasteiger partial charge in [0.05, 0.1) is 24.8 Å². The number of nitrogens with one attached hydrogen (secondary N) is 1. The zero-order valence-electron chi connectivity index (χ0n) is 24.8. The van der Waals surface area contributed by atoms with Crippen LogP contribution in [0.2, 0.25) is 5.02 Å². The second kappa shape index (κ2) is 14.4. The average molecular weight is 616 g/mol. The Balaban J connectivity index is 2.09. The van der Waals surface area contributed by atoms with Crippen LogP contribution in [0.1, 0.15) is 31.9 Å². The van der Waals surface area contributed by atoms with E-state index >= 15 is 0 Å². The number of aryl methyl sites for hydroxylation is 1. The normalized spacial score (nSPS) is 12.0. The van der Waals surface area contributed by atoms with Crippen LogP contribution in [0.5, 0.6) is 11.5 Å². The van der Waals surface area contributed by atoms with Crippen molar-refractivity contribution >= 4 is 39.1 Å². The van der Waals surface area contributed by atoms with E-state index in [4.69, 9.17) is 21.1 Å².